The summed E-state index contributed by atoms with van der Waals surface area (Å²) in [6, 6.07) is 7.18. The quantitative estimate of drug-likeness (QED) is 0.485. The highest BCUT2D eigenvalue weighted by Gasteiger charge is 2.21. The molecule has 35 heavy (non-hydrogen) atoms. The van der Waals surface area contributed by atoms with Gasteiger partial charge in [-0.15, -0.1) is 0 Å². The van der Waals surface area contributed by atoms with Gasteiger partial charge in [-0.3, -0.25) is 9.48 Å². The van der Waals surface area contributed by atoms with E-state index in [2.05, 4.69) is 20.4 Å². The number of fused-ring (bicyclic) bond motifs is 3. The first-order valence-corrected chi connectivity index (χ1v) is 11.7. The molecule has 0 radical (unpaired) electrons. The Morgan fingerprint density at radius 3 is 2.80 bits per heavy atom. The molecule has 0 saturated carbocycles. The van der Waals surface area contributed by atoms with Crippen LogP contribution >= 0.6 is 0 Å². The number of pyridine rings is 2. The molecule has 8 nitrogen and oxygen atoms in total. The summed E-state index contributed by atoms with van der Waals surface area (Å²) in [5.41, 5.74) is 4.32. The summed E-state index contributed by atoms with van der Waals surface area (Å²) < 4.78 is 22.5. The smallest absolute Gasteiger partial charge is 0.244 e. The molecule has 4 aromatic rings. The average Bonchev–Trinajstić information content (AvgIpc) is 3.17. The van der Waals surface area contributed by atoms with Gasteiger partial charge in [0.25, 0.3) is 0 Å². The van der Waals surface area contributed by atoms with Crippen molar-refractivity contribution in [1.82, 2.24) is 24.6 Å². The normalized spacial score (nSPS) is 15.4. The van der Waals surface area contributed by atoms with Crippen LogP contribution in [0.1, 0.15) is 23.2 Å². The molecule has 9 heteroatoms. The number of halogens is 1. The molecule has 5 heterocycles. The summed E-state index contributed by atoms with van der Waals surface area (Å²) in [5.74, 6) is 1.60. The van der Waals surface area contributed by atoms with E-state index in [4.69, 9.17) is 4.74 Å². The highest BCUT2D eigenvalue weighted by atomic mass is 19.1. The van der Waals surface area contributed by atoms with Gasteiger partial charge in [0.05, 0.1) is 6.61 Å². The molecule has 1 aromatic carbocycles. The van der Waals surface area contributed by atoms with Crippen LogP contribution in [-0.4, -0.2) is 50.8 Å². The van der Waals surface area contributed by atoms with Gasteiger partial charge < -0.3 is 15.0 Å². The van der Waals surface area contributed by atoms with Gasteiger partial charge in [-0.25, -0.2) is 14.4 Å². The first-order chi connectivity index (χ1) is 17.0. The van der Waals surface area contributed by atoms with Crippen molar-refractivity contribution in [3.63, 3.8) is 0 Å². The Kier molecular flexibility index (Phi) is 5.12. The molecule has 0 saturated heterocycles. The van der Waals surface area contributed by atoms with Crippen LogP contribution in [0, 0.1) is 12.7 Å². The predicted octanol–water partition coefficient (Wildman–Crippen LogP) is 4.02. The number of aromatic nitrogens is 4. The van der Waals surface area contributed by atoms with Crippen molar-refractivity contribution in [3.8, 4) is 17.0 Å². The van der Waals surface area contributed by atoms with Crippen LogP contribution in [0.2, 0.25) is 0 Å². The lowest BCUT2D eigenvalue weighted by Gasteiger charge is -2.20. The maximum atomic E-state index is 15.1. The van der Waals surface area contributed by atoms with Gasteiger partial charge in [-0.05, 0) is 48.9 Å². The van der Waals surface area contributed by atoms with Gasteiger partial charge in [-0.2, -0.15) is 5.10 Å². The number of hydrogen-bond acceptors (Lipinski definition) is 6. The van der Waals surface area contributed by atoms with Crippen LogP contribution < -0.4 is 10.1 Å². The maximum Gasteiger partial charge on any atom is 0.244 e. The lowest BCUT2D eigenvalue weighted by molar-refractivity contribution is -0.130. The Bertz CT molecular complexity index is 1480. The lowest BCUT2D eigenvalue weighted by Crippen LogP contribution is -2.29. The van der Waals surface area contributed by atoms with Crippen molar-refractivity contribution in [2.75, 3.05) is 25.5 Å². The standard InChI is InChI=1S/C26H25FN6O2/c1-15-19-4-3-7-35-26(19)29-13-21(15)20-8-16-10-23(28-12-17(16)9-22(20)27)30-24-11-18-5-6-32(2)25(34)14-33(18)31-24/h8-13H,3-7,14H2,1-2H3,(H,28,30,31). The minimum Gasteiger partial charge on any atom is -0.477 e. The minimum absolute atomic E-state index is 0.0373. The number of anilines is 2. The number of rotatable bonds is 3. The third-order valence-corrected chi connectivity index (χ3v) is 6.87. The molecule has 3 aromatic heterocycles. The predicted molar refractivity (Wildman–Crippen MR) is 130 cm³/mol. The van der Waals surface area contributed by atoms with E-state index >= 15 is 4.39 Å². The zero-order valence-electron chi connectivity index (χ0n) is 19.6. The lowest BCUT2D eigenvalue weighted by atomic mass is 9.94. The van der Waals surface area contributed by atoms with E-state index in [1.165, 1.54) is 6.07 Å². The van der Waals surface area contributed by atoms with E-state index in [0.29, 0.717) is 41.6 Å². The molecular formula is C26H25FN6O2. The zero-order valence-corrected chi connectivity index (χ0v) is 19.6. The van der Waals surface area contributed by atoms with Crippen molar-refractivity contribution in [3.05, 3.63) is 59.3 Å². The van der Waals surface area contributed by atoms with E-state index in [0.717, 1.165) is 47.0 Å². The van der Waals surface area contributed by atoms with Gasteiger partial charge in [0, 0.05) is 66.2 Å². The molecule has 0 fully saturated rings. The number of amides is 1. The molecule has 0 unspecified atom stereocenters. The number of benzene rings is 1. The average molecular weight is 473 g/mol. The van der Waals surface area contributed by atoms with Crippen LogP contribution in [0.3, 0.4) is 0 Å². The Balaban J connectivity index is 1.33. The van der Waals surface area contributed by atoms with E-state index < -0.39 is 0 Å². The van der Waals surface area contributed by atoms with Gasteiger partial charge in [0.2, 0.25) is 11.8 Å². The highest BCUT2D eigenvalue weighted by Crippen LogP contribution is 2.35. The second-order valence-corrected chi connectivity index (χ2v) is 9.15. The Morgan fingerprint density at radius 1 is 1.03 bits per heavy atom. The Labute approximate surface area is 201 Å². The summed E-state index contributed by atoms with van der Waals surface area (Å²) in [6.45, 7) is 3.55. The summed E-state index contributed by atoms with van der Waals surface area (Å²) in [6.07, 6.45) is 5.90. The maximum absolute atomic E-state index is 15.1. The molecule has 2 aliphatic rings. The van der Waals surface area contributed by atoms with Crippen LogP contribution in [-0.2, 0) is 24.2 Å². The second kappa shape index (κ2) is 8.33. The van der Waals surface area contributed by atoms with Gasteiger partial charge in [0.1, 0.15) is 18.2 Å². The molecule has 1 amide bonds. The molecule has 0 atom stereocenters. The number of ether oxygens (including phenoxy) is 1. The van der Waals surface area contributed by atoms with Gasteiger partial charge >= 0.3 is 0 Å². The van der Waals surface area contributed by atoms with Crippen LogP contribution in [0.4, 0.5) is 16.0 Å². The van der Waals surface area contributed by atoms with E-state index in [1.54, 1.807) is 29.0 Å². The fraction of sp³-hybridized carbons (Fsp3) is 0.308. The number of hydrogen-bond donors (Lipinski definition) is 1. The van der Waals surface area contributed by atoms with E-state index in [9.17, 15) is 4.79 Å². The number of nitrogens with one attached hydrogen (secondary N) is 1. The third kappa shape index (κ3) is 3.86. The SMILES string of the molecule is Cc1c(-c2cc3cc(Nc4cc5n(n4)CC(=O)N(C)CC5)ncc3cc2F)cnc2c1CCCO2. The van der Waals surface area contributed by atoms with Crippen molar-refractivity contribution < 1.29 is 13.9 Å². The van der Waals surface area contributed by atoms with Crippen molar-refractivity contribution >= 4 is 28.3 Å². The summed E-state index contributed by atoms with van der Waals surface area (Å²) in [7, 11) is 1.81. The van der Waals surface area contributed by atoms with Gasteiger partial charge in [0.15, 0.2) is 5.82 Å². The molecule has 0 spiro atoms. The largest absolute Gasteiger partial charge is 0.477 e. The molecule has 1 N–H and O–H groups in total. The molecule has 178 valence electrons. The molecule has 6 rings (SSSR count). The Morgan fingerprint density at radius 2 is 1.91 bits per heavy atom. The second-order valence-electron chi connectivity index (χ2n) is 9.15. The van der Waals surface area contributed by atoms with E-state index in [-0.39, 0.29) is 18.3 Å². The summed E-state index contributed by atoms with van der Waals surface area (Å²) in [4.78, 5) is 22.8. The molecule has 0 bridgehead atoms. The number of carbonyl (C=O) groups is 1. The summed E-state index contributed by atoms with van der Waals surface area (Å²) >= 11 is 0. The van der Waals surface area contributed by atoms with Crippen LogP contribution in [0.15, 0.2) is 36.7 Å². The molecule has 2 aliphatic heterocycles. The fourth-order valence-corrected chi connectivity index (χ4v) is 4.81. The number of carbonyl (C=O) groups excluding carboxylic acids is 1. The minimum atomic E-state index is -0.311. The topological polar surface area (TPSA) is 85.2 Å². The van der Waals surface area contributed by atoms with Crippen LogP contribution in [0.25, 0.3) is 21.9 Å². The Hall–Kier alpha value is -4.01. The molecule has 0 aliphatic carbocycles. The first kappa shape index (κ1) is 21.5. The number of likely N-dealkylation sites (N-methyl/N-ethyl adjacent to an activating group) is 1. The third-order valence-electron chi connectivity index (χ3n) is 6.87. The van der Waals surface area contributed by atoms with Crippen LogP contribution in [0.5, 0.6) is 5.88 Å². The number of nitrogens with zero attached hydrogens (tertiary/aromatic N) is 5. The van der Waals surface area contributed by atoms with Crippen molar-refractivity contribution in [1.29, 1.82) is 0 Å². The van der Waals surface area contributed by atoms with Crippen molar-refractivity contribution in [2.45, 2.75) is 32.7 Å². The highest BCUT2D eigenvalue weighted by molar-refractivity contribution is 5.89. The zero-order chi connectivity index (χ0) is 24.1. The first-order valence-electron chi connectivity index (χ1n) is 11.7. The molecular weight excluding hydrogens is 447 g/mol. The van der Waals surface area contributed by atoms with Gasteiger partial charge in [-0.1, -0.05) is 0 Å². The van der Waals surface area contributed by atoms with E-state index in [1.807, 2.05) is 25.1 Å². The van der Waals surface area contributed by atoms with Crippen molar-refractivity contribution in [2.24, 2.45) is 0 Å². The summed E-state index contributed by atoms with van der Waals surface area (Å²) in [5, 5.41) is 9.33. The monoisotopic (exact) mass is 472 g/mol. The fourth-order valence-electron chi connectivity index (χ4n) is 4.81.